The number of halogens is 2. The molecule has 0 heterocycles. The van der Waals surface area contributed by atoms with Crippen molar-refractivity contribution in [2.24, 2.45) is 0 Å². The molecule has 0 aromatic heterocycles. The van der Waals surface area contributed by atoms with Crippen LogP contribution in [-0.4, -0.2) is 19.7 Å². The summed E-state index contributed by atoms with van der Waals surface area (Å²) in [5, 5.41) is 3.52. The molecule has 0 saturated heterocycles. The summed E-state index contributed by atoms with van der Waals surface area (Å²) in [6.07, 6.45) is 1.72. The van der Waals surface area contributed by atoms with Crippen molar-refractivity contribution in [2.75, 3.05) is 19.7 Å². The highest BCUT2D eigenvalue weighted by Gasteiger charge is 2.17. The van der Waals surface area contributed by atoms with Crippen LogP contribution in [0.4, 0.5) is 8.78 Å². The summed E-state index contributed by atoms with van der Waals surface area (Å²) < 4.78 is 34.0. The standard InChI is InChI=1S/C27H31F2NO/c1-20-9-6-10-21(2)27(20)26(19-30-17-16-22-11-4-3-5-12-22)31-18-8-13-23-24(28)14-7-15-25(23)29/h3-7,9-12,14-15,26,30H,8,13,16-19H2,1-2H3. The molecule has 0 spiro atoms. The molecule has 2 nitrogen and oxygen atoms in total. The number of benzene rings is 3. The summed E-state index contributed by atoms with van der Waals surface area (Å²) in [7, 11) is 0. The summed E-state index contributed by atoms with van der Waals surface area (Å²) in [5.41, 5.74) is 5.00. The quantitative estimate of drug-likeness (QED) is 0.376. The van der Waals surface area contributed by atoms with Crippen LogP contribution in [0.1, 0.15) is 40.3 Å². The highest BCUT2D eigenvalue weighted by molar-refractivity contribution is 5.35. The average molecular weight is 424 g/mol. The first-order valence-electron chi connectivity index (χ1n) is 10.9. The van der Waals surface area contributed by atoms with Gasteiger partial charge < -0.3 is 10.1 Å². The highest BCUT2D eigenvalue weighted by Crippen LogP contribution is 2.25. The van der Waals surface area contributed by atoms with E-state index in [1.807, 2.05) is 6.07 Å². The van der Waals surface area contributed by atoms with Crippen LogP contribution in [0.5, 0.6) is 0 Å². The first-order chi connectivity index (χ1) is 15.1. The number of hydrogen-bond acceptors (Lipinski definition) is 2. The fraction of sp³-hybridized carbons (Fsp3) is 0.333. The minimum absolute atomic E-state index is 0.109. The van der Waals surface area contributed by atoms with Crippen LogP contribution in [0, 0.1) is 25.5 Å². The summed E-state index contributed by atoms with van der Waals surface area (Å²) in [4.78, 5) is 0. The number of rotatable bonds is 11. The lowest BCUT2D eigenvalue weighted by atomic mass is 9.97. The van der Waals surface area contributed by atoms with Gasteiger partial charge in [0.2, 0.25) is 0 Å². The van der Waals surface area contributed by atoms with Crippen LogP contribution < -0.4 is 5.32 Å². The molecule has 164 valence electrons. The Labute approximate surface area is 184 Å². The lowest BCUT2D eigenvalue weighted by Gasteiger charge is -2.23. The molecule has 0 amide bonds. The Morgan fingerprint density at radius 3 is 2.13 bits per heavy atom. The van der Waals surface area contributed by atoms with Crippen molar-refractivity contribution in [3.05, 3.63) is 106 Å². The van der Waals surface area contributed by atoms with Crippen LogP contribution in [0.15, 0.2) is 66.7 Å². The largest absolute Gasteiger partial charge is 0.372 e. The van der Waals surface area contributed by atoms with E-state index in [9.17, 15) is 8.78 Å². The van der Waals surface area contributed by atoms with Crippen molar-refractivity contribution in [2.45, 2.75) is 39.2 Å². The molecule has 0 aliphatic heterocycles. The van der Waals surface area contributed by atoms with Gasteiger partial charge in [-0.15, -0.1) is 0 Å². The van der Waals surface area contributed by atoms with E-state index in [4.69, 9.17) is 4.74 Å². The summed E-state index contributed by atoms with van der Waals surface area (Å²) in [6.45, 7) is 6.17. The van der Waals surface area contributed by atoms with Crippen LogP contribution in [0.25, 0.3) is 0 Å². The molecular weight excluding hydrogens is 392 g/mol. The maximum absolute atomic E-state index is 13.9. The predicted molar refractivity (Wildman–Crippen MR) is 122 cm³/mol. The molecular formula is C27H31F2NO. The van der Waals surface area contributed by atoms with E-state index in [0.717, 1.165) is 13.0 Å². The summed E-state index contributed by atoms with van der Waals surface area (Å²) >= 11 is 0. The van der Waals surface area contributed by atoms with Crippen molar-refractivity contribution in [3.63, 3.8) is 0 Å². The van der Waals surface area contributed by atoms with Gasteiger partial charge in [0.25, 0.3) is 0 Å². The van der Waals surface area contributed by atoms with Gasteiger partial charge in [0.1, 0.15) is 11.6 Å². The Morgan fingerprint density at radius 2 is 1.45 bits per heavy atom. The van der Waals surface area contributed by atoms with Gasteiger partial charge in [0, 0.05) is 18.7 Å². The monoisotopic (exact) mass is 423 g/mol. The van der Waals surface area contributed by atoms with Crippen LogP contribution in [0.3, 0.4) is 0 Å². The fourth-order valence-electron chi connectivity index (χ4n) is 3.94. The third kappa shape index (κ3) is 6.71. The molecule has 1 unspecified atom stereocenters. The van der Waals surface area contributed by atoms with Crippen LogP contribution >= 0.6 is 0 Å². The Kier molecular flexibility index (Phi) is 8.74. The van der Waals surface area contributed by atoms with E-state index < -0.39 is 11.6 Å². The second kappa shape index (κ2) is 11.7. The number of nitrogens with one attached hydrogen (secondary N) is 1. The molecule has 3 rings (SSSR count). The third-order valence-electron chi connectivity index (χ3n) is 5.58. The molecule has 31 heavy (non-hydrogen) atoms. The minimum Gasteiger partial charge on any atom is -0.372 e. The zero-order valence-electron chi connectivity index (χ0n) is 18.3. The zero-order valence-corrected chi connectivity index (χ0v) is 18.3. The van der Waals surface area contributed by atoms with E-state index in [1.54, 1.807) is 0 Å². The molecule has 4 heteroatoms. The fourth-order valence-corrected chi connectivity index (χ4v) is 3.94. The molecule has 0 saturated carbocycles. The number of hydrogen-bond donors (Lipinski definition) is 1. The zero-order chi connectivity index (χ0) is 22.1. The van der Waals surface area contributed by atoms with Crippen LogP contribution in [0.2, 0.25) is 0 Å². The predicted octanol–water partition coefficient (Wildman–Crippen LogP) is 6.10. The second-order valence-corrected chi connectivity index (χ2v) is 7.91. The average Bonchev–Trinajstić information content (AvgIpc) is 2.76. The summed E-state index contributed by atoms with van der Waals surface area (Å²) in [6, 6.07) is 20.6. The Balaban J connectivity index is 1.58. The van der Waals surface area contributed by atoms with Gasteiger partial charge in [-0.05, 0) is 74.0 Å². The summed E-state index contributed by atoms with van der Waals surface area (Å²) in [5.74, 6) is -0.984. The lowest BCUT2D eigenvalue weighted by molar-refractivity contribution is 0.0503. The normalized spacial score (nSPS) is 12.1. The van der Waals surface area contributed by atoms with Crippen molar-refractivity contribution < 1.29 is 13.5 Å². The maximum atomic E-state index is 13.9. The molecule has 1 N–H and O–H groups in total. The van der Waals surface area contributed by atoms with Crippen LogP contribution in [-0.2, 0) is 17.6 Å². The molecule has 3 aromatic rings. The second-order valence-electron chi connectivity index (χ2n) is 7.91. The SMILES string of the molecule is Cc1cccc(C)c1C(CNCCc1ccccc1)OCCCc1c(F)cccc1F. The molecule has 0 fully saturated rings. The first-order valence-corrected chi connectivity index (χ1v) is 10.9. The van der Waals surface area contributed by atoms with E-state index in [-0.39, 0.29) is 11.7 Å². The van der Waals surface area contributed by atoms with Crippen molar-refractivity contribution in [1.82, 2.24) is 5.32 Å². The van der Waals surface area contributed by atoms with Gasteiger partial charge in [-0.3, -0.25) is 0 Å². The smallest absolute Gasteiger partial charge is 0.129 e. The number of ether oxygens (including phenoxy) is 1. The van der Waals surface area contributed by atoms with Gasteiger partial charge in [-0.25, -0.2) is 8.78 Å². The van der Waals surface area contributed by atoms with Gasteiger partial charge in [0.15, 0.2) is 0 Å². The molecule has 0 aliphatic rings. The van der Waals surface area contributed by atoms with E-state index in [0.29, 0.717) is 26.0 Å². The van der Waals surface area contributed by atoms with E-state index in [2.05, 4.69) is 61.6 Å². The number of aryl methyl sites for hydroxylation is 2. The topological polar surface area (TPSA) is 21.3 Å². The van der Waals surface area contributed by atoms with Crippen molar-refractivity contribution >= 4 is 0 Å². The Morgan fingerprint density at radius 1 is 0.806 bits per heavy atom. The van der Waals surface area contributed by atoms with Crippen molar-refractivity contribution in [3.8, 4) is 0 Å². The van der Waals surface area contributed by atoms with Gasteiger partial charge >= 0.3 is 0 Å². The molecule has 3 aromatic carbocycles. The van der Waals surface area contributed by atoms with Gasteiger partial charge in [0.05, 0.1) is 6.10 Å². The molecule has 1 atom stereocenters. The Hall–Kier alpha value is -2.56. The van der Waals surface area contributed by atoms with E-state index >= 15 is 0 Å². The molecule has 0 radical (unpaired) electrons. The van der Waals surface area contributed by atoms with Crippen molar-refractivity contribution in [1.29, 1.82) is 0 Å². The first kappa shape index (κ1) is 23.1. The van der Waals surface area contributed by atoms with Gasteiger partial charge in [-0.2, -0.15) is 0 Å². The highest BCUT2D eigenvalue weighted by atomic mass is 19.1. The maximum Gasteiger partial charge on any atom is 0.129 e. The van der Waals surface area contributed by atoms with E-state index in [1.165, 1.54) is 40.5 Å². The van der Waals surface area contributed by atoms with Gasteiger partial charge in [-0.1, -0.05) is 54.6 Å². The third-order valence-corrected chi connectivity index (χ3v) is 5.58. The lowest BCUT2D eigenvalue weighted by Crippen LogP contribution is -2.26. The Bertz CT molecular complexity index is 918. The molecule has 0 bridgehead atoms. The molecule has 0 aliphatic carbocycles. The minimum atomic E-state index is -0.492.